The van der Waals surface area contributed by atoms with Crippen molar-refractivity contribution in [3.63, 3.8) is 0 Å². The number of hydrogen-bond acceptors (Lipinski definition) is 3. The van der Waals surface area contributed by atoms with Gasteiger partial charge in [-0.1, -0.05) is 36.0 Å². The highest BCUT2D eigenvalue weighted by atomic mass is 32.2. The number of nitrogens with zero attached hydrogens (tertiary/aromatic N) is 2. The smallest absolute Gasteiger partial charge is 0.111 e. The van der Waals surface area contributed by atoms with E-state index in [2.05, 4.69) is 57.2 Å². The highest BCUT2D eigenvalue weighted by molar-refractivity contribution is 7.99. The molecule has 0 spiro atoms. The predicted molar refractivity (Wildman–Crippen MR) is 101 cm³/mol. The Balaban J connectivity index is 1.94. The molecule has 5 rings (SSSR count). The normalized spacial score (nSPS) is 12.6. The zero-order chi connectivity index (χ0) is 16.4. The van der Waals surface area contributed by atoms with Crippen LogP contribution >= 0.6 is 11.8 Å². The highest BCUT2D eigenvalue weighted by Crippen LogP contribution is 2.48. The van der Waals surface area contributed by atoms with Crippen LogP contribution < -0.4 is 0 Å². The third-order valence-electron chi connectivity index (χ3n) is 4.87. The van der Waals surface area contributed by atoms with E-state index in [1.54, 1.807) is 11.8 Å². The molecule has 0 radical (unpaired) electrons. The van der Waals surface area contributed by atoms with Crippen LogP contribution in [-0.4, -0.2) is 9.97 Å². The summed E-state index contributed by atoms with van der Waals surface area (Å²) in [6.45, 7) is 6.44. The molecule has 2 aromatic heterocycles. The molecular formula is C21H16N2S. The summed E-state index contributed by atoms with van der Waals surface area (Å²) in [5, 5.41) is 4.85. The number of para-hydroxylation sites is 1. The Labute approximate surface area is 145 Å². The third-order valence-corrected chi connectivity index (χ3v) is 5.93. The van der Waals surface area contributed by atoms with Crippen LogP contribution in [0.15, 0.2) is 52.5 Å². The largest absolute Gasteiger partial charge is 0.255 e. The minimum atomic E-state index is 1.06. The molecule has 24 heavy (non-hydrogen) atoms. The van der Waals surface area contributed by atoms with Gasteiger partial charge in [0.15, 0.2) is 0 Å². The predicted octanol–water partition coefficient (Wildman–Crippen LogP) is 5.84. The first kappa shape index (κ1) is 14.0. The van der Waals surface area contributed by atoms with Gasteiger partial charge in [0.25, 0.3) is 0 Å². The molecule has 1 aliphatic rings. The number of aryl methyl sites for hydroxylation is 3. The second-order valence-corrected chi connectivity index (χ2v) is 7.54. The van der Waals surface area contributed by atoms with Crippen molar-refractivity contribution in [3.8, 4) is 11.3 Å². The Bertz CT molecular complexity index is 1150. The van der Waals surface area contributed by atoms with Crippen LogP contribution in [-0.2, 0) is 0 Å². The molecule has 0 unspecified atom stereocenters. The quantitative estimate of drug-likeness (QED) is 0.357. The van der Waals surface area contributed by atoms with Crippen LogP contribution in [0.2, 0.25) is 0 Å². The van der Waals surface area contributed by atoms with Crippen molar-refractivity contribution >= 4 is 33.4 Å². The van der Waals surface area contributed by atoms with Gasteiger partial charge in [0.2, 0.25) is 0 Å². The van der Waals surface area contributed by atoms with Gasteiger partial charge in [-0.3, -0.25) is 4.98 Å². The molecule has 0 fully saturated rings. The minimum absolute atomic E-state index is 1.06. The Kier molecular flexibility index (Phi) is 2.80. The average Bonchev–Trinajstić information content (AvgIpc) is 2.58. The number of aromatic nitrogens is 2. The topological polar surface area (TPSA) is 25.8 Å². The van der Waals surface area contributed by atoms with Crippen LogP contribution in [0.4, 0.5) is 0 Å². The first-order valence-electron chi connectivity index (χ1n) is 8.11. The van der Waals surface area contributed by atoms with Gasteiger partial charge in [-0.05, 0) is 55.0 Å². The van der Waals surface area contributed by atoms with Gasteiger partial charge in [0, 0.05) is 27.4 Å². The van der Waals surface area contributed by atoms with Crippen molar-refractivity contribution in [2.24, 2.45) is 0 Å². The molecule has 0 bridgehead atoms. The lowest BCUT2D eigenvalue weighted by Crippen LogP contribution is -2.00. The second-order valence-electron chi connectivity index (χ2n) is 6.51. The van der Waals surface area contributed by atoms with Crippen molar-refractivity contribution in [2.75, 3.05) is 0 Å². The minimum Gasteiger partial charge on any atom is -0.255 e. The van der Waals surface area contributed by atoms with Gasteiger partial charge >= 0.3 is 0 Å². The highest BCUT2D eigenvalue weighted by Gasteiger charge is 2.23. The second kappa shape index (κ2) is 4.81. The van der Waals surface area contributed by atoms with Crippen molar-refractivity contribution in [3.05, 3.63) is 59.3 Å². The molecule has 2 nitrogen and oxygen atoms in total. The van der Waals surface area contributed by atoms with E-state index >= 15 is 0 Å². The average molecular weight is 328 g/mol. The molecule has 1 aliphatic heterocycles. The van der Waals surface area contributed by atoms with Crippen molar-refractivity contribution < 1.29 is 0 Å². The standard InChI is InChI=1S/C21H16N2S/c1-11-7-8-16-18-17(11)13(3)10-22-20(18)15-9-14-6-4-5-12(2)19(14)23-21(15)24-16/h4-10H,1-3H3. The maximum absolute atomic E-state index is 4.97. The molecule has 116 valence electrons. The van der Waals surface area contributed by atoms with Crippen LogP contribution in [0.5, 0.6) is 0 Å². The zero-order valence-corrected chi connectivity index (χ0v) is 14.7. The van der Waals surface area contributed by atoms with E-state index in [1.807, 2.05) is 6.20 Å². The Hall–Kier alpha value is -2.39. The molecule has 2 aromatic carbocycles. The van der Waals surface area contributed by atoms with E-state index < -0.39 is 0 Å². The Morgan fingerprint density at radius 1 is 0.875 bits per heavy atom. The molecule has 3 heterocycles. The molecular weight excluding hydrogens is 312 g/mol. The fourth-order valence-electron chi connectivity index (χ4n) is 3.69. The van der Waals surface area contributed by atoms with E-state index in [9.17, 15) is 0 Å². The van der Waals surface area contributed by atoms with Crippen LogP contribution in [0.25, 0.3) is 32.9 Å². The molecule has 0 N–H and O–H groups in total. The van der Waals surface area contributed by atoms with E-state index in [0.717, 1.165) is 21.8 Å². The Morgan fingerprint density at radius 3 is 2.62 bits per heavy atom. The summed E-state index contributed by atoms with van der Waals surface area (Å²) in [4.78, 5) is 11.0. The first-order chi connectivity index (χ1) is 11.6. The van der Waals surface area contributed by atoms with Crippen molar-refractivity contribution in [1.82, 2.24) is 9.97 Å². The molecule has 0 amide bonds. The number of pyridine rings is 2. The molecule has 0 aliphatic carbocycles. The van der Waals surface area contributed by atoms with E-state index in [1.165, 1.54) is 37.7 Å². The van der Waals surface area contributed by atoms with E-state index in [-0.39, 0.29) is 0 Å². The molecule has 3 heteroatoms. The van der Waals surface area contributed by atoms with Gasteiger partial charge in [0.05, 0.1) is 11.2 Å². The molecule has 0 atom stereocenters. The molecule has 4 aromatic rings. The number of fused-ring (bicyclic) bond motifs is 3. The van der Waals surface area contributed by atoms with Gasteiger partial charge in [0.1, 0.15) is 5.03 Å². The summed E-state index contributed by atoms with van der Waals surface area (Å²) in [7, 11) is 0. The first-order valence-corrected chi connectivity index (χ1v) is 8.92. The molecule has 0 saturated heterocycles. The monoisotopic (exact) mass is 328 g/mol. The summed E-state index contributed by atoms with van der Waals surface area (Å²) >= 11 is 1.76. The maximum Gasteiger partial charge on any atom is 0.111 e. The lowest BCUT2D eigenvalue weighted by molar-refractivity contribution is 1.15. The lowest BCUT2D eigenvalue weighted by Gasteiger charge is -2.21. The fourth-order valence-corrected chi connectivity index (χ4v) is 4.74. The van der Waals surface area contributed by atoms with E-state index in [0.29, 0.717) is 0 Å². The summed E-state index contributed by atoms with van der Waals surface area (Å²) in [5.74, 6) is 0. The SMILES string of the molecule is Cc1cccc2cc3c(nc12)Sc1ccc(C)c2c(C)cnc-3c12. The van der Waals surface area contributed by atoms with Crippen molar-refractivity contribution in [2.45, 2.75) is 30.7 Å². The van der Waals surface area contributed by atoms with Crippen LogP contribution in [0.1, 0.15) is 16.7 Å². The van der Waals surface area contributed by atoms with E-state index in [4.69, 9.17) is 9.97 Å². The number of benzene rings is 2. The van der Waals surface area contributed by atoms with Crippen LogP contribution in [0, 0.1) is 20.8 Å². The summed E-state index contributed by atoms with van der Waals surface area (Å²) < 4.78 is 0. The van der Waals surface area contributed by atoms with Gasteiger partial charge in [-0.15, -0.1) is 0 Å². The molecule has 0 saturated carbocycles. The zero-order valence-electron chi connectivity index (χ0n) is 13.8. The van der Waals surface area contributed by atoms with Crippen molar-refractivity contribution in [1.29, 1.82) is 0 Å². The summed E-state index contributed by atoms with van der Waals surface area (Å²) in [6, 6.07) is 13.0. The fraction of sp³-hybridized carbons (Fsp3) is 0.143. The summed E-state index contributed by atoms with van der Waals surface area (Å²) in [6.07, 6.45) is 1.99. The van der Waals surface area contributed by atoms with Gasteiger partial charge in [-0.25, -0.2) is 4.98 Å². The lowest BCUT2D eigenvalue weighted by atomic mass is 9.97. The van der Waals surface area contributed by atoms with Gasteiger partial charge < -0.3 is 0 Å². The van der Waals surface area contributed by atoms with Crippen LogP contribution in [0.3, 0.4) is 0 Å². The number of hydrogen-bond donors (Lipinski definition) is 0. The van der Waals surface area contributed by atoms with Gasteiger partial charge in [-0.2, -0.15) is 0 Å². The Morgan fingerprint density at radius 2 is 1.75 bits per heavy atom. The summed E-state index contributed by atoms with van der Waals surface area (Å²) in [5.41, 5.74) is 7.07. The number of rotatable bonds is 0. The maximum atomic E-state index is 4.97. The third kappa shape index (κ3) is 1.79.